The molecule has 5 rings (SSSR count). The van der Waals surface area contributed by atoms with E-state index in [-0.39, 0.29) is 47.9 Å². The number of hydrogen-bond acceptors (Lipinski definition) is 5. The molecule has 2 heterocycles. The molecule has 0 aromatic heterocycles. The SMILES string of the molecule is CN(C(=O)C(CC1CC1)NC(=O)C1CC1)[C@@H](CC(C)(C)C)C(=O)N1C[C@]2(C[C@H]1C#N)C(=O)Nc1ccccc12. The van der Waals surface area contributed by atoms with Gasteiger partial charge in [0.2, 0.25) is 23.6 Å². The fourth-order valence-electron chi connectivity index (χ4n) is 6.09. The number of anilines is 1. The Morgan fingerprint density at radius 1 is 1.21 bits per heavy atom. The molecule has 1 aromatic carbocycles. The van der Waals surface area contributed by atoms with Gasteiger partial charge in [0.25, 0.3) is 0 Å². The average molecular weight is 534 g/mol. The Labute approximate surface area is 230 Å². The molecular formula is C30H39N5O4. The van der Waals surface area contributed by atoms with Gasteiger partial charge in [-0.05, 0) is 48.6 Å². The van der Waals surface area contributed by atoms with Crippen molar-refractivity contribution in [2.45, 2.75) is 89.3 Å². The lowest BCUT2D eigenvalue weighted by atomic mass is 9.80. The molecule has 2 aliphatic carbocycles. The summed E-state index contributed by atoms with van der Waals surface area (Å²) >= 11 is 0. The molecule has 4 atom stereocenters. The molecule has 39 heavy (non-hydrogen) atoms. The molecule has 1 aromatic rings. The quantitative estimate of drug-likeness (QED) is 0.532. The van der Waals surface area contributed by atoms with Gasteiger partial charge in [-0.15, -0.1) is 0 Å². The number of carbonyl (C=O) groups excluding carboxylic acids is 4. The van der Waals surface area contributed by atoms with Crippen LogP contribution in [0.2, 0.25) is 0 Å². The number of nitrogens with one attached hydrogen (secondary N) is 2. The van der Waals surface area contributed by atoms with Gasteiger partial charge >= 0.3 is 0 Å². The summed E-state index contributed by atoms with van der Waals surface area (Å²) in [5, 5.41) is 16.0. The van der Waals surface area contributed by atoms with E-state index >= 15 is 0 Å². The second-order valence-electron chi connectivity index (χ2n) is 13.1. The number of para-hydroxylation sites is 1. The summed E-state index contributed by atoms with van der Waals surface area (Å²) < 4.78 is 0. The summed E-state index contributed by atoms with van der Waals surface area (Å²) in [7, 11) is 1.63. The van der Waals surface area contributed by atoms with Gasteiger partial charge in [-0.1, -0.05) is 51.8 Å². The number of carbonyl (C=O) groups is 4. The smallest absolute Gasteiger partial charge is 0.246 e. The Bertz CT molecular complexity index is 1220. The van der Waals surface area contributed by atoms with E-state index in [0.717, 1.165) is 31.2 Å². The van der Waals surface area contributed by atoms with Gasteiger partial charge in [-0.2, -0.15) is 5.26 Å². The van der Waals surface area contributed by atoms with Crippen molar-refractivity contribution < 1.29 is 19.2 Å². The topological polar surface area (TPSA) is 123 Å². The van der Waals surface area contributed by atoms with Gasteiger partial charge in [0.05, 0.1) is 11.5 Å². The highest BCUT2D eigenvalue weighted by Gasteiger charge is 2.57. The highest BCUT2D eigenvalue weighted by molar-refractivity contribution is 6.07. The summed E-state index contributed by atoms with van der Waals surface area (Å²) in [6.45, 7) is 6.11. The average Bonchev–Trinajstić information content (AvgIpc) is 3.83. The Balaban J connectivity index is 1.41. The number of nitrogens with zero attached hydrogens (tertiary/aromatic N) is 3. The zero-order valence-electron chi connectivity index (χ0n) is 23.3. The van der Waals surface area contributed by atoms with Crippen LogP contribution in [-0.4, -0.2) is 65.1 Å². The lowest BCUT2D eigenvalue weighted by Gasteiger charge is -2.37. The van der Waals surface area contributed by atoms with Crippen LogP contribution in [0.4, 0.5) is 5.69 Å². The zero-order valence-corrected chi connectivity index (χ0v) is 23.3. The molecule has 9 heteroatoms. The third-order valence-corrected chi connectivity index (χ3v) is 8.65. The number of fused-ring (bicyclic) bond motifs is 2. The number of benzene rings is 1. The van der Waals surface area contributed by atoms with E-state index in [1.54, 1.807) is 7.05 Å². The van der Waals surface area contributed by atoms with Gasteiger partial charge in [-0.3, -0.25) is 19.2 Å². The molecule has 1 unspecified atom stereocenters. The molecule has 2 N–H and O–H groups in total. The maximum Gasteiger partial charge on any atom is 0.246 e. The first-order valence-corrected chi connectivity index (χ1v) is 14.1. The molecule has 2 aliphatic heterocycles. The first-order chi connectivity index (χ1) is 18.4. The number of likely N-dealkylation sites (N-methyl/N-ethyl adjacent to an activating group) is 1. The van der Waals surface area contributed by atoms with E-state index in [0.29, 0.717) is 24.4 Å². The van der Waals surface area contributed by atoms with Crippen molar-refractivity contribution in [1.29, 1.82) is 5.26 Å². The first-order valence-electron chi connectivity index (χ1n) is 14.1. The highest BCUT2D eigenvalue weighted by atomic mass is 16.2. The number of hydrogen-bond donors (Lipinski definition) is 2. The van der Waals surface area contributed by atoms with E-state index in [2.05, 4.69) is 16.7 Å². The standard InChI is InChI=1S/C30H39N5O4/c1-29(2,3)15-24(34(4)26(37)23(13-18-9-10-18)32-25(36)19-11-12-19)27(38)35-17-30(14-20(35)16-31)21-7-5-6-8-22(21)33-28(30)39/h5-8,18-20,23-24H,9-15,17H2,1-4H3,(H,32,36)(H,33,39)/t20-,23?,24-,30-/m0/s1. The molecule has 4 aliphatic rings. The lowest BCUT2D eigenvalue weighted by Crippen LogP contribution is -2.57. The minimum absolute atomic E-state index is 0.0191. The number of amides is 4. The molecule has 0 radical (unpaired) electrons. The Morgan fingerprint density at radius 2 is 1.90 bits per heavy atom. The Kier molecular flexibility index (Phi) is 6.94. The largest absolute Gasteiger partial charge is 0.344 e. The summed E-state index contributed by atoms with van der Waals surface area (Å²) in [5.41, 5.74) is 0.222. The summed E-state index contributed by atoms with van der Waals surface area (Å²) in [4.78, 5) is 56.9. The maximum atomic E-state index is 14.3. The van der Waals surface area contributed by atoms with Crippen LogP contribution in [-0.2, 0) is 24.6 Å². The van der Waals surface area contributed by atoms with Crippen LogP contribution in [0.5, 0.6) is 0 Å². The maximum absolute atomic E-state index is 14.3. The third kappa shape index (κ3) is 5.39. The molecule has 3 fully saturated rings. The summed E-state index contributed by atoms with van der Waals surface area (Å²) in [6, 6.07) is 7.37. The molecule has 0 bridgehead atoms. The zero-order chi connectivity index (χ0) is 28.1. The van der Waals surface area contributed by atoms with E-state index in [4.69, 9.17) is 0 Å². The first kappa shape index (κ1) is 27.2. The van der Waals surface area contributed by atoms with Crippen molar-refractivity contribution in [2.75, 3.05) is 18.9 Å². The molecule has 1 spiro atoms. The summed E-state index contributed by atoms with van der Waals surface area (Å²) in [5.74, 6) is -0.508. The molecule has 4 amide bonds. The van der Waals surface area contributed by atoms with Crippen LogP contribution in [0.25, 0.3) is 0 Å². The van der Waals surface area contributed by atoms with Gasteiger partial charge in [0.15, 0.2) is 0 Å². The van der Waals surface area contributed by atoms with Crippen LogP contribution in [0, 0.1) is 28.6 Å². The molecule has 208 valence electrons. The van der Waals surface area contributed by atoms with Crippen LogP contribution in [0.15, 0.2) is 24.3 Å². The number of nitriles is 1. The molecular weight excluding hydrogens is 494 g/mol. The fraction of sp³-hybridized carbons (Fsp3) is 0.633. The van der Waals surface area contributed by atoms with Crippen molar-refractivity contribution >= 4 is 29.3 Å². The van der Waals surface area contributed by atoms with E-state index in [1.807, 2.05) is 45.0 Å². The predicted octanol–water partition coefficient (Wildman–Crippen LogP) is 2.96. The monoisotopic (exact) mass is 533 g/mol. The number of rotatable bonds is 8. The fourth-order valence-corrected chi connectivity index (χ4v) is 6.09. The van der Waals surface area contributed by atoms with Crippen LogP contribution in [0.1, 0.15) is 71.3 Å². The van der Waals surface area contributed by atoms with Gasteiger partial charge < -0.3 is 20.4 Å². The van der Waals surface area contributed by atoms with E-state index in [1.165, 1.54) is 9.80 Å². The molecule has 2 saturated carbocycles. The van der Waals surface area contributed by atoms with Crippen molar-refractivity contribution in [1.82, 2.24) is 15.1 Å². The second kappa shape index (κ2) is 9.96. The van der Waals surface area contributed by atoms with Crippen LogP contribution < -0.4 is 10.6 Å². The molecule has 9 nitrogen and oxygen atoms in total. The Morgan fingerprint density at radius 3 is 2.51 bits per heavy atom. The van der Waals surface area contributed by atoms with E-state index in [9.17, 15) is 24.4 Å². The Hall–Kier alpha value is -3.41. The van der Waals surface area contributed by atoms with Gasteiger partial charge in [0, 0.05) is 31.6 Å². The normalized spacial score (nSPS) is 25.5. The van der Waals surface area contributed by atoms with Gasteiger partial charge in [0.1, 0.15) is 18.1 Å². The lowest BCUT2D eigenvalue weighted by molar-refractivity contribution is -0.147. The molecule has 1 saturated heterocycles. The summed E-state index contributed by atoms with van der Waals surface area (Å²) in [6.07, 6.45) is 4.94. The minimum atomic E-state index is -0.992. The predicted molar refractivity (Wildman–Crippen MR) is 145 cm³/mol. The van der Waals surface area contributed by atoms with Crippen molar-refractivity contribution in [3.8, 4) is 6.07 Å². The van der Waals surface area contributed by atoms with Crippen molar-refractivity contribution in [3.05, 3.63) is 29.8 Å². The van der Waals surface area contributed by atoms with Crippen molar-refractivity contribution in [2.24, 2.45) is 17.3 Å². The van der Waals surface area contributed by atoms with Crippen LogP contribution in [0.3, 0.4) is 0 Å². The number of likely N-dealkylation sites (tertiary alicyclic amines) is 1. The van der Waals surface area contributed by atoms with Crippen molar-refractivity contribution in [3.63, 3.8) is 0 Å². The van der Waals surface area contributed by atoms with Gasteiger partial charge in [-0.25, -0.2) is 0 Å². The highest BCUT2D eigenvalue weighted by Crippen LogP contribution is 2.46. The minimum Gasteiger partial charge on any atom is -0.344 e. The third-order valence-electron chi connectivity index (χ3n) is 8.65. The van der Waals surface area contributed by atoms with Crippen LogP contribution >= 0.6 is 0 Å². The second-order valence-corrected chi connectivity index (χ2v) is 13.1. The van der Waals surface area contributed by atoms with E-state index < -0.39 is 23.5 Å².